The molecule has 1 heteroatoms. The maximum absolute atomic E-state index is 2.81. The molecule has 0 aromatic heterocycles. The van der Waals surface area contributed by atoms with Gasteiger partial charge in [0, 0.05) is 0 Å². The third kappa shape index (κ3) is 8.11. The maximum atomic E-state index is 2.63. The van der Waals surface area contributed by atoms with Gasteiger partial charge in [0.2, 0.25) is 0 Å². The van der Waals surface area contributed by atoms with Crippen molar-refractivity contribution in [3.8, 4) is 0 Å². The zero-order chi connectivity index (χ0) is 34.9. The summed E-state index contributed by atoms with van der Waals surface area (Å²) < 4.78 is 5.30. The van der Waals surface area contributed by atoms with Crippen LogP contribution < -0.4 is 12.4 Å². The zero-order valence-electron chi connectivity index (χ0n) is 33.2. The summed E-state index contributed by atoms with van der Waals surface area (Å²) in [5.41, 5.74) is 14.2. The summed E-state index contributed by atoms with van der Waals surface area (Å²) >= 11 is -2.81. The van der Waals surface area contributed by atoms with E-state index in [0.29, 0.717) is 53.3 Å². The zero-order valence-corrected chi connectivity index (χ0v) is 35.7. The third-order valence-corrected chi connectivity index (χ3v) is 18.2. The van der Waals surface area contributed by atoms with Crippen LogP contribution in [0.4, 0.5) is 0 Å². The molecule has 0 fully saturated rings. The molecule has 3 rings (SSSR count). The van der Waals surface area contributed by atoms with Crippen LogP contribution in [0.3, 0.4) is 0 Å². The molecule has 0 N–H and O–H groups in total. The minimum absolute atomic E-state index is 0.471. The van der Waals surface area contributed by atoms with Crippen molar-refractivity contribution in [3.63, 3.8) is 0 Å². The Morgan fingerprint density at radius 2 is 0.413 bits per heavy atom. The topological polar surface area (TPSA) is 0 Å². The van der Waals surface area contributed by atoms with E-state index in [2.05, 4.69) is 161 Å². The Balaban J connectivity index is 2.84. The van der Waals surface area contributed by atoms with E-state index in [4.69, 9.17) is 0 Å². The number of rotatable bonds is 12. The van der Waals surface area contributed by atoms with Crippen LogP contribution in [0, 0.1) is 0 Å². The Hall–Kier alpha value is -1.70. The molecule has 3 aromatic carbocycles. The van der Waals surface area contributed by atoms with Crippen LogP contribution in [0.2, 0.25) is 0 Å². The van der Waals surface area contributed by atoms with E-state index in [9.17, 15) is 0 Å². The van der Waals surface area contributed by atoms with Crippen molar-refractivity contribution in [2.45, 2.75) is 178 Å². The fourth-order valence-electron chi connectivity index (χ4n) is 7.47. The Bertz CT molecular complexity index is 1210. The molecule has 0 bridgehead atoms. The van der Waals surface area contributed by atoms with Gasteiger partial charge in [-0.3, -0.25) is 0 Å². The van der Waals surface area contributed by atoms with Gasteiger partial charge in [0.25, 0.3) is 0 Å². The molecule has 0 heterocycles. The summed E-state index contributed by atoms with van der Waals surface area (Å²) in [4.78, 5) is 0. The summed E-state index contributed by atoms with van der Waals surface area (Å²) in [6.45, 7) is 43.7. The van der Waals surface area contributed by atoms with Crippen molar-refractivity contribution >= 4 is 28.6 Å². The van der Waals surface area contributed by atoms with Gasteiger partial charge >= 0.3 is 293 Å². The molecular formula is C45H69Ga. The van der Waals surface area contributed by atoms with Crippen molar-refractivity contribution in [2.24, 2.45) is 0 Å². The van der Waals surface area contributed by atoms with E-state index in [1.165, 1.54) is 16.7 Å². The molecule has 0 saturated carbocycles. The first-order valence-corrected chi connectivity index (χ1v) is 22.5. The molecule has 0 aliphatic carbocycles. The second-order valence-electron chi connectivity index (χ2n) is 17.2. The average molecular weight is 680 g/mol. The van der Waals surface area contributed by atoms with Gasteiger partial charge < -0.3 is 0 Å². The van der Waals surface area contributed by atoms with Gasteiger partial charge in [0.15, 0.2) is 0 Å². The first kappa shape index (κ1) is 38.7. The first-order valence-electron chi connectivity index (χ1n) is 18.8. The molecule has 0 radical (unpaired) electrons. The van der Waals surface area contributed by atoms with Gasteiger partial charge in [0.1, 0.15) is 0 Å². The van der Waals surface area contributed by atoms with E-state index >= 15 is 0 Å². The normalized spacial score (nSPS) is 12.6. The predicted molar refractivity (Wildman–Crippen MR) is 211 cm³/mol. The monoisotopic (exact) mass is 678 g/mol. The molecule has 0 aliphatic rings. The quantitative estimate of drug-likeness (QED) is 0.167. The second-order valence-corrected chi connectivity index (χ2v) is 22.6. The summed E-state index contributed by atoms with van der Waals surface area (Å²) in [5.74, 6) is 4.37. The fraction of sp³-hybridized carbons (Fsp3) is 0.600. The summed E-state index contributed by atoms with van der Waals surface area (Å²) in [6.07, 6.45) is 0. The molecule has 252 valence electrons. The molecule has 0 atom stereocenters. The molecule has 0 nitrogen and oxygen atoms in total. The van der Waals surface area contributed by atoms with Crippen LogP contribution in [-0.2, 0) is 0 Å². The van der Waals surface area contributed by atoms with Gasteiger partial charge in [-0.05, 0) is 0 Å². The van der Waals surface area contributed by atoms with Gasteiger partial charge in [-0.15, -0.1) is 0 Å². The van der Waals surface area contributed by atoms with Crippen LogP contribution in [0.15, 0.2) is 36.4 Å². The van der Waals surface area contributed by atoms with Crippen molar-refractivity contribution < 1.29 is 0 Å². The van der Waals surface area contributed by atoms with Crippen molar-refractivity contribution in [2.75, 3.05) is 0 Å². The molecule has 0 saturated heterocycles. The molecule has 46 heavy (non-hydrogen) atoms. The van der Waals surface area contributed by atoms with Crippen molar-refractivity contribution in [1.29, 1.82) is 0 Å². The van der Waals surface area contributed by atoms with Crippen LogP contribution in [0.5, 0.6) is 0 Å². The third-order valence-electron chi connectivity index (χ3n) is 10.4. The minimum atomic E-state index is -2.81. The predicted octanol–water partition coefficient (Wildman–Crippen LogP) is 12.3. The van der Waals surface area contributed by atoms with E-state index < -0.39 is 16.2 Å². The van der Waals surface area contributed by atoms with E-state index in [1.807, 2.05) is 0 Å². The Kier molecular flexibility index (Phi) is 13.2. The van der Waals surface area contributed by atoms with E-state index in [-0.39, 0.29) is 0 Å². The molecular weight excluding hydrogens is 610 g/mol. The van der Waals surface area contributed by atoms with Crippen LogP contribution in [0.25, 0.3) is 0 Å². The second kappa shape index (κ2) is 15.7. The Morgan fingerprint density at radius 3 is 0.522 bits per heavy atom. The standard InChI is InChI=1S/3C15H23.Ga/c3*1-10(2)13-7-14(11(3)4)9-15(8-13)12(5)6;/h3*7-8,10-12H,1-6H3;. The average Bonchev–Trinajstić information content (AvgIpc) is 2.95. The first-order chi connectivity index (χ1) is 21.3. The van der Waals surface area contributed by atoms with Crippen LogP contribution >= 0.6 is 0 Å². The number of hydrogen-bond acceptors (Lipinski definition) is 0. The molecule has 0 aliphatic heterocycles. The Morgan fingerprint density at radius 1 is 0.261 bits per heavy atom. The van der Waals surface area contributed by atoms with Gasteiger partial charge in [-0.2, -0.15) is 0 Å². The fourth-order valence-corrected chi connectivity index (χ4v) is 18.7. The molecule has 3 aromatic rings. The molecule has 0 spiro atoms. The summed E-state index contributed by atoms with van der Waals surface area (Å²) in [6, 6.07) is 15.8. The van der Waals surface area contributed by atoms with Gasteiger partial charge in [-0.25, -0.2) is 0 Å². The van der Waals surface area contributed by atoms with Gasteiger partial charge in [-0.1, -0.05) is 0 Å². The van der Waals surface area contributed by atoms with E-state index in [0.717, 1.165) is 0 Å². The molecule has 0 amide bonds. The Labute approximate surface area is 291 Å². The SMILES string of the molecule is CC(C)c1cc(C(C)C)[c]([Ga]([c]2c(C(C)C)cc(C(C)C)cc2C(C)C)[c]2c(C(C)C)cc(C(C)C)cc2C(C)C)c(C(C)C)c1. The van der Waals surface area contributed by atoms with Crippen LogP contribution in [0.1, 0.15) is 228 Å². The van der Waals surface area contributed by atoms with Crippen LogP contribution in [-0.4, -0.2) is 16.2 Å². The number of benzene rings is 3. The van der Waals surface area contributed by atoms with Gasteiger partial charge in [0.05, 0.1) is 0 Å². The molecule has 0 unspecified atom stereocenters. The van der Waals surface area contributed by atoms with Crippen molar-refractivity contribution in [3.05, 3.63) is 86.5 Å². The summed E-state index contributed by atoms with van der Waals surface area (Å²) in [7, 11) is 0. The number of hydrogen-bond donors (Lipinski definition) is 0. The van der Waals surface area contributed by atoms with E-state index in [1.54, 1.807) is 45.7 Å². The summed E-state index contributed by atoms with van der Waals surface area (Å²) in [5, 5.41) is 0. The van der Waals surface area contributed by atoms with Crippen molar-refractivity contribution in [1.82, 2.24) is 0 Å².